The Kier molecular flexibility index (Phi) is 8.85. The van der Waals surface area contributed by atoms with Crippen LogP contribution in [0.15, 0.2) is 67.0 Å². The fourth-order valence-corrected chi connectivity index (χ4v) is 6.47. The molecule has 5 rings (SSSR count). The summed E-state index contributed by atoms with van der Waals surface area (Å²) in [6.45, 7) is 11.4. The number of aromatic nitrogens is 1. The highest BCUT2D eigenvalue weighted by molar-refractivity contribution is 6.10. The average Bonchev–Trinajstić information content (AvgIpc) is 3.49. The Bertz CT molecular complexity index is 1420. The third-order valence-corrected chi connectivity index (χ3v) is 8.61. The van der Waals surface area contributed by atoms with Gasteiger partial charge < -0.3 is 20.5 Å². The molecular weight excluding hydrogens is 547 g/mol. The van der Waals surface area contributed by atoms with Gasteiger partial charge in [0.15, 0.2) is 6.29 Å². The third-order valence-electron chi connectivity index (χ3n) is 8.61. The van der Waals surface area contributed by atoms with E-state index in [1.807, 2.05) is 31.2 Å². The van der Waals surface area contributed by atoms with Crippen molar-refractivity contribution in [3.63, 3.8) is 0 Å². The van der Waals surface area contributed by atoms with E-state index in [0.29, 0.717) is 24.5 Å². The lowest BCUT2D eigenvalue weighted by Crippen LogP contribution is -2.49. The summed E-state index contributed by atoms with van der Waals surface area (Å²) >= 11 is 0. The number of rotatable bonds is 8. The number of ether oxygens (including phenoxy) is 2. The number of nitrogen functional groups attached to an aromatic ring is 1. The van der Waals surface area contributed by atoms with E-state index < -0.39 is 17.8 Å². The van der Waals surface area contributed by atoms with Crippen LogP contribution in [-0.4, -0.2) is 42.3 Å². The maximum atomic E-state index is 14.5. The van der Waals surface area contributed by atoms with Crippen LogP contribution in [0, 0.1) is 23.6 Å². The van der Waals surface area contributed by atoms with E-state index >= 15 is 0 Å². The molecule has 4 unspecified atom stereocenters. The molecule has 0 spiro atoms. The van der Waals surface area contributed by atoms with Gasteiger partial charge in [-0.1, -0.05) is 45.9 Å². The first kappa shape index (κ1) is 30.6. The van der Waals surface area contributed by atoms with Crippen molar-refractivity contribution in [2.24, 2.45) is 17.8 Å². The lowest BCUT2D eigenvalue weighted by atomic mass is 9.87. The molecule has 2 amide bonds. The van der Waals surface area contributed by atoms with Crippen molar-refractivity contribution in [2.45, 2.75) is 64.8 Å². The Morgan fingerprint density at radius 2 is 1.91 bits per heavy atom. The molecule has 6 atom stereocenters. The summed E-state index contributed by atoms with van der Waals surface area (Å²) in [5.41, 5.74) is 8.04. The number of anilines is 2. The Morgan fingerprint density at radius 3 is 2.53 bits per heavy atom. The van der Waals surface area contributed by atoms with E-state index in [4.69, 9.17) is 15.2 Å². The van der Waals surface area contributed by atoms with Gasteiger partial charge in [-0.2, -0.15) is 0 Å². The smallest absolute Gasteiger partial charge is 0.259 e. The van der Waals surface area contributed by atoms with Crippen molar-refractivity contribution in [3.05, 3.63) is 89.5 Å². The number of pyridine rings is 1. The minimum Gasteiger partial charge on any atom is -0.399 e. The Morgan fingerprint density at radius 1 is 1.16 bits per heavy atom. The third kappa shape index (κ3) is 6.43. The zero-order valence-electron chi connectivity index (χ0n) is 25.4. The fraction of sp³-hybridized carbons (Fsp3) is 0.441. The molecule has 9 heteroatoms. The SMILES string of the molecule is CCO[C@H]1OCC2C1CC(C)[C@@H]2NC(=O)C(c1cccnc1)N(C(=O)c1cc(N)cc(F)c1)c1ccc(C(C)(C)C)cc1. The molecule has 2 fully saturated rings. The lowest BCUT2D eigenvalue weighted by Gasteiger charge is -2.34. The van der Waals surface area contributed by atoms with Gasteiger partial charge >= 0.3 is 0 Å². The van der Waals surface area contributed by atoms with E-state index in [1.54, 1.807) is 24.5 Å². The van der Waals surface area contributed by atoms with E-state index in [9.17, 15) is 14.0 Å². The molecule has 43 heavy (non-hydrogen) atoms. The minimum atomic E-state index is -1.09. The van der Waals surface area contributed by atoms with Crippen molar-refractivity contribution in [3.8, 4) is 0 Å². The Hall–Kier alpha value is -3.82. The molecule has 1 saturated carbocycles. The zero-order chi connectivity index (χ0) is 30.9. The summed E-state index contributed by atoms with van der Waals surface area (Å²) in [6, 6.07) is 13.5. The van der Waals surface area contributed by atoms with E-state index in [-0.39, 0.29) is 52.7 Å². The van der Waals surface area contributed by atoms with Crippen LogP contribution in [0.25, 0.3) is 0 Å². The Balaban J connectivity index is 1.57. The first-order chi connectivity index (χ1) is 20.5. The normalized spacial score (nSPS) is 23.9. The van der Waals surface area contributed by atoms with Gasteiger partial charge in [-0.15, -0.1) is 0 Å². The molecule has 0 bridgehead atoms. The number of nitrogens with one attached hydrogen (secondary N) is 1. The molecule has 1 aliphatic heterocycles. The highest BCUT2D eigenvalue weighted by Crippen LogP contribution is 2.45. The molecule has 0 radical (unpaired) electrons. The fourth-order valence-electron chi connectivity index (χ4n) is 6.47. The molecule has 1 saturated heterocycles. The van der Waals surface area contributed by atoms with Crippen LogP contribution in [0.2, 0.25) is 0 Å². The number of amides is 2. The first-order valence-electron chi connectivity index (χ1n) is 14.9. The van der Waals surface area contributed by atoms with Crippen molar-refractivity contribution in [2.75, 3.05) is 23.8 Å². The van der Waals surface area contributed by atoms with Crippen molar-refractivity contribution < 1.29 is 23.5 Å². The number of hydrogen-bond donors (Lipinski definition) is 2. The summed E-state index contributed by atoms with van der Waals surface area (Å²) in [7, 11) is 0. The summed E-state index contributed by atoms with van der Waals surface area (Å²) < 4.78 is 26.3. The minimum absolute atomic E-state index is 0.0390. The number of nitrogens with zero attached hydrogens (tertiary/aromatic N) is 2. The quantitative estimate of drug-likeness (QED) is 0.330. The molecule has 8 nitrogen and oxygen atoms in total. The van der Waals surface area contributed by atoms with Gasteiger partial charge in [0.05, 0.1) is 6.61 Å². The summed E-state index contributed by atoms with van der Waals surface area (Å²) in [4.78, 5) is 34.4. The topological polar surface area (TPSA) is 107 Å². The zero-order valence-corrected chi connectivity index (χ0v) is 25.4. The van der Waals surface area contributed by atoms with E-state index in [0.717, 1.165) is 24.1 Å². The van der Waals surface area contributed by atoms with Gasteiger partial charge in [0.25, 0.3) is 5.91 Å². The number of nitrogens with two attached hydrogens (primary N) is 1. The molecule has 3 aromatic rings. The van der Waals surface area contributed by atoms with Gasteiger partial charge in [-0.3, -0.25) is 19.5 Å². The van der Waals surface area contributed by atoms with Crippen LogP contribution in [0.5, 0.6) is 0 Å². The van der Waals surface area contributed by atoms with Crippen molar-refractivity contribution in [1.29, 1.82) is 0 Å². The molecule has 2 heterocycles. The van der Waals surface area contributed by atoms with Crippen LogP contribution in [0.1, 0.15) is 68.6 Å². The second-order valence-corrected chi connectivity index (χ2v) is 12.7. The lowest BCUT2D eigenvalue weighted by molar-refractivity contribution is -0.129. The number of carbonyl (C=O) groups is 2. The summed E-state index contributed by atoms with van der Waals surface area (Å²) in [5, 5.41) is 3.28. The van der Waals surface area contributed by atoms with E-state index in [1.165, 1.54) is 11.0 Å². The number of fused-ring (bicyclic) bond motifs is 1. The van der Waals surface area contributed by atoms with Gasteiger partial charge in [-0.25, -0.2) is 4.39 Å². The van der Waals surface area contributed by atoms with Crippen molar-refractivity contribution in [1.82, 2.24) is 10.3 Å². The van der Waals surface area contributed by atoms with Crippen LogP contribution in [0.3, 0.4) is 0 Å². The number of carbonyl (C=O) groups excluding carboxylic acids is 2. The molecule has 2 aliphatic rings. The monoisotopic (exact) mass is 588 g/mol. The predicted octanol–water partition coefficient (Wildman–Crippen LogP) is 5.64. The van der Waals surface area contributed by atoms with Crippen LogP contribution < -0.4 is 16.0 Å². The first-order valence-corrected chi connectivity index (χ1v) is 14.9. The number of halogens is 1. The maximum absolute atomic E-state index is 14.5. The highest BCUT2D eigenvalue weighted by atomic mass is 19.1. The second-order valence-electron chi connectivity index (χ2n) is 12.7. The Labute approximate surface area is 252 Å². The molecular formula is C34H41FN4O4. The summed E-state index contributed by atoms with van der Waals surface area (Å²) in [5.74, 6) is -1.11. The van der Waals surface area contributed by atoms with Crippen LogP contribution in [-0.2, 0) is 19.7 Å². The standard InChI is InChI=1S/C34H41FN4O4/c1-6-42-33-27-14-20(2)29(28(27)19-43-33)38-31(40)30(21-8-7-13-37-18-21)39(26-11-9-23(10-12-26)34(3,4)5)32(41)22-15-24(35)17-25(36)16-22/h7-13,15-18,20,27-30,33H,6,14,19,36H2,1-5H3,(H,38,40)/t20?,27?,28?,29-,30?,33-/m0/s1. The largest absolute Gasteiger partial charge is 0.399 e. The number of benzene rings is 2. The molecule has 228 valence electrons. The maximum Gasteiger partial charge on any atom is 0.259 e. The molecule has 1 aliphatic carbocycles. The van der Waals surface area contributed by atoms with Gasteiger partial charge in [-0.05, 0) is 66.6 Å². The van der Waals surface area contributed by atoms with Gasteiger partial charge in [0.2, 0.25) is 5.91 Å². The number of hydrogen-bond acceptors (Lipinski definition) is 6. The second kappa shape index (κ2) is 12.4. The van der Waals surface area contributed by atoms with Gasteiger partial charge in [0.1, 0.15) is 11.9 Å². The molecule has 1 aromatic heterocycles. The predicted molar refractivity (Wildman–Crippen MR) is 164 cm³/mol. The van der Waals surface area contributed by atoms with Gasteiger partial charge in [0, 0.05) is 59.4 Å². The van der Waals surface area contributed by atoms with Crippen molar-refractivity contribution >= 4 is 23.2 Å². The average molecular weight is 589 g/mol. The summed E-state index contributed by atoms with van der Waals surface area (Å²) in [6.07, 6.45) is 3.77. The highest BCUT2D eigenvalue weighted by Gasteiger charge is 2.51. The molecule has 3 N–H and O–H groups in total. The van der Waals surface area contributed by atoms with E-state index in [2.05, 4.69) is 38.0 Å². The van der Waals surface area contributed by atoms with Crippen LogP contribution >= 0.6 is 0 Å². The molecule has 2 aromatic carbocycles. The van der Waals surface area contributed by atoms with Crippen LogP contribution in [0.4, 0.5) is 15.8 Å².